The van der Waals surface area contributed by atoms with Crippen LogP contribution in [0, 0.1) is 10.1 Å². The van der Waals surface area contributed by atoms with E-state index in [1.165, 1.54) is 0 Å². The first-order chi connectivity index (χ1) is 10.8. The van der Waals surface area contributed by atoms with Crippen molar-refractivity contribution >= 4 is 11.8 Å². The Labute approximate surface area is 128 Å². The zero-order chi connectivity index (χ0) is 15.1. The van der Waals surface area contributed by atoms with E-state index in [1.807, 2.05) is 71.8 Å². The summed E-state index contributed by atoms with van der Waals surface area (Å²) in [6, 6.07) is 17.5. The second-order valence-electron chi connectivity index (χ2n) is 5.51. The summed E-state index contributed by atoms with van der Waals surface area (Å²) < 4.78 is 0. The van der Waals surface area contributed by atoms with Gasteiger partial charge in [0.05, 0.1) is 10.8 Å². The molecule has 2 aliphatic heterocycles. The van der Waals surface area contributed by atoms with Crippen LogP contribution >= 0.6 is 0 Å². The molecule has 0 spiro atoms. The lowest BCUT2D eigenvalue weighted by atomic mass is 9.95. The molecule has 1 atom stereocenters. The van der Waals surface area contributed by atoms with Crippen LogP contribution in [-0.4, -0.2) is 16.4 Å². The monoisotopic (exact) mass is 290 g/mol. The van der Waals surface area contributed by atoms with Gasteiger partial charge in [-0.1, -0.05) is 54.6 Å². The average molecular weight is 290 g/mol. The van der Waals surface area contributed by atoms with Gasteiger partial charge < -0.3 is 4.90 Å². The van der Waals surface area contributed by atoms with Crippen LogP contribution in [-0.2, 0) is 0 Å². The van der Waals surface area contributed by atoms with Crippen LogP contribution in [0.15, 0.2) is 66.5 Å². The van der Waals surface area contributed by atoms with Crippen LogP contribution in [0.25, 0.3) is 11.8 Å². The fourth-order valence-corrected chi connectivity index (χ4v) is 3.31. The molecule has 0 saturated heterocycles. The average Bonchev–Trinajstić information content (AvgIpc) is 2.96. The van der Waals surface area contributed by atoms with Crippen molar-refractivity contribution in [1.82, 2.24) is 4.90 Å². The van der Waals surface area contributed by atoms with E-state index in [2.05, 4.69) is 0 Å². The molecule has 108 valence electrons. The Morgan fingerprint density at radius 1 is 1.05 bits per heavy atom. The predicted octanol–water partition coefficient (Wildman–Crippen LogP) is 3.72. The van der Waals surface area contributed by atoms with Crippen molar-refractivity contribution in [2.24, 2.45) is 0 Å². The molecule has 0 aromatic heterocycles. The maximum atomic E-state index is 11.7. The summed E-state index contributed by atoms with van der Waals surface area (Å²) in [6.07, 6.45) is 3.97. The molecule has 2 aliphatic rings. The van der Waals surface area contributed by atoms with Gasteiger partial charge in [0.25, 0.3) is 5.70 Å². The third kappa shape index (κ3) is 1.84. The van der Waals surface area contributed by atoms with Gasteiger partial charge in [0.1, 0.15) is 5.70 Å². The molecule has 0 bridgehead atoms. The smallest absolute Gasteiger partial charge is 0.279 e. The summed E-state index contributed by atoms with van der Waals surface area (Å²) in [5, 5.41) is 11.7. The lowest BCUT2D eigenvalue weighted by Gasteiger charge is -2.22. The summed E-state index contributed by atoms with van der Waals surface area (Å²) in [7, 11) is 0. The zero-order valence-electron chi connectivity index (χ0n) is 11.8. The van der Waals surface area contributed by atoms with E-state index < -0.39 is 0 Å². The van der Waals surface area contributed by atoms with Gasteiger partial charge in [-0.2, -0.15) is 0 Å². The lowest BCUT2D eigenvalue weighted by Crippen LogP contribution is -2.17. The van der Waals surface area contributed by atoms with Crippen LogP contribution in [0.3, 0.4) is 0 Å². The topological polar surface area (TPSA) is 46.4 Å². The van der Waals surface area contributed by atoms with Gasteiger partial charge >= 0.3 is 0 Å². The molecule has 4 heteroatoms. The third-order valence-corrected chi connectivity index (χ3v) is 4.29. The van der Waals surface area contributed by atoms with E-state index in [1.54, 1.807) is 0 Å². The SMILES string of the molecule is O=[N+]([O-])C1=C2c3ccccc3C=CN2CC1c1ccccc1. The lowest BCUT2D eigenvalue weighted by molar-refractivity contribution is -0.427. The second kappa shape index (κ2) is 4.84. The van der Waals surface area contributed by atoms with Crippen molar-refractivity contribution in [3.8, 4) is 0 Å². The third-order valence-electron chi connectivity index (χ3n) is 4.29. The van der Waals surface area contributed by atoms with Crippen molar-refractivity contribution in [2.75, 3.05) is 6.54 Å². The van der Waals surface area contributed by atoms with Crippen molar-refractivity contribution in [1.29, 1.82) is 0 Å². The first-order valence-electron chi connectivity index (χ1n) is 7.23. The minimum atomic E-state index is -0.219. The molecule has 0 amide bonds. The molecule has 0 saturated carbocycles. The van der Waals surface area contributed by atoms with E-state index in [4.69, 9.17) is 0 Å². The normalized spacial score (nSPS) is 19.1. The number of hydrogen-bond acceptors (Lipinski definition) is 3. The van der Waals surface area contributed by atoms with Gasteiger partial charge in [0, 0.05) is 18.3 Å². The number of benzene rings is 2. The number of nitrogens with zero attached hydrogens (tertiary/aromatic N) is 2. The minimum absolute atomic E-state index is 0.206. The highest BCUT2D eigenvalue weighted by Crippen LogP contribution is 2.43. The number of nitro groups is 1. The summed E-state index contributed by atoms with van der Waals surface area (Å²) >= 11 is 0. The van der Waals surface area contributed by atoms with E-state index >= 15 is 0 Å². The molecule has 0 aliphatic carbocycles. The molecule has 4 nitrogen and oxygen atoms in total. The minimum Gasteiger partial charge on any atom is -0.341 e. The fourth-order valence-electron chi connectivity index (χ4n) is 3.31. The van der Waals surface area contributed by atoms with E-state index in [-0.39, 0.29) is 10.8 Å². The van der Waals surface area contributed by atoms with Crippen molar-refractivity contribution in [3.05, 3.63) is 93.3 Å². The van der Waals surface area contributed by atoms with Crippen LogP contribution in [0.5, 0.6) is 0 Å². The first kappa shape index (κ1) is 12.8. The van der Waals surface area contributed by atoms with E-state index in [0.717, 1.165) is 22.4 Å². The predicted molar refractivity (Wildman–Crippen MR) is 85.3 cm³/mol. The Hall–Kier alpha value is -2.88. The van der Waals surface area contributed by atoms with Crippen molar-refractivity contribution in [2.45, 2.75) is 5.92 Å². The Bertz CT molecular complexity index is 809. The first-order valence-corrected chi connectivity index (χ1v) is 7.23. The number of rotatable bonds is 2. The molecule has 0 fully saturated rings. The van der Waals surface area contributed by atoms with Crippen molar-refractivity contribution in [3.63, 3.8) is 0 Å². The quantitative estimate of drug-likeness (QED) is 0.625. The maximum absolute atomic E-state index is 11.7. The summed E-state index contributed by atoms with van der Waals surface area (Å²) in [5.41, 5.74) is 3.99. The zero-order valence-corrected chi connectivity index (χ0v) is 11.8. The molecule has 2 aromatic rings. The van der Waals surface area contributed by atoms with Gasteiger partial charge in [0.15, 0.2) is 0 Å². The van der Waals surface area contributed by atoms with Gasteiger partial charge in [-0.05, 0) is 17.2 Å². The second-order valence-corrected chi connectivity index (χ2v) is 5.51. The summed E-state index contributed by atoms with van der Waals surface area (Å²) in [4.78, 5) is 13.5. The van der Waals surface area contributed by atoms with Gasteiger partial charge in [0.2, 0.25) is 0 Å². The van der Waals surface area contributed by atoms with Crippen LogP contribution < -0.4 is 0 Å². The number of fused-ring (bicyclic) bond motifs is 3. The van der Waals surface area contributed by atoms with Crippen LogP contribution in [0.4, 0.5) is 0 Å². The van der Waals surface area contributed by atoms with E-state index in [0.29, 0.717) is 12.2 Å². The molecule has 4 rings (SSSR count). The largest absolute Gasteiger partial charge is 0.341 e. The molecule has 2 heterocycles. The Balaban J connectivity index is 1.93. The Kier molecular flexibility index (Phi) is 2.82. The standard InChI is InChI=1S/C18H14N2O2/c21-20(22)18-16(13-6-2-1-3-7-13)12-19-11-10-14-8-4-5-9-15(14)17(18)19/h1-11,16H,12H2. The molecule has 22 heavy (non-hydrogen) atoms. The fraction of sp³-hybridized carbons (Fsp3) is 0.111. The van der Waals surface area contributed by atoms with E-state index in [9.17, 15) is 10.1 Å². The molecule has 2 aromatic carbocycles. The van der Waals surface area contributed by atoms with Gasteiger partial charge in [-0.3, -0.25) is 10.1 Å². The van der Waals surface area contributed by atoms with Crippen LogP contribution in [0.1, 0.15) is 22.6 Å². The Morgan fingerprint density at radius 3 is 2.55 bits per heavy atom. The molecular weight excluding hydrogens is 276 g/mol. The highest BCUT2D eigenvalue weighted by Gasteiger charge is 2.42. The highest BCUT2D eigenvalue weighted by molar-refractivity contribution is 5.80. The van der Waals surface area contributed by atoms with Gasteiger partial charge in [-0.15, -0.1) is 0 Å². The molecule has 1 unspecified atom stereocenters. The number of hydrogen-bond donors (Lipinski definition) is 0. The van der Waals surface area contributed by atoms with Crippen LogP contribution in [0.2, 0.25) is 0 Å². The van der Waals surface area contributed by atoms with Crippen molar-refractivity contribution < 1.29 is 4.92 Å². The highest BCUT2D eigenvalue weighted by atomic mass is 16.6. The summed E-state index contributed by atoms with van der Waals surface area (Å²) in [6.45, 7) is 0.612. The summed E-state index contributed by atoms with van der Waals surface area (Å²) in [5.74, 6) is -0.206. The molecule has 0 radical (unpaired) electrons. The molecular formula is C18H14N2O2. The Morgan fingerprint density at radius 2 is 1.77 bits per heavy atom. The molecule has 0 N–H and O–H groups in total. The maximum Gasteiger partial charge on any atom is 0.279 e. The van der Waals surface area contributed by atoms with Gasteiger partial charge in [-0.25, -0.2) is 0 Å².